The van der Waals surface area contributed by atoms with Crippen LogP contribution >= 0.6 is 0 Å². The van der Waals surface area contributed by atoms with Crippen LogP contribution in [0, 0.1) is 0 Å². The molecule has 2 aromatic carbocycles. The number of aromatic amines is 1. The van der Waals surface area contributed by atoms with Crippen molar-refractivity contribution in [2.45, 2.75) is 25.2 Å². The minimum atomic E-state index is -4.29. The zero-order chi connectivity index (χ0) is 18.1. The van der Waals surface area contributed by atoms with Gasteiger partial charge in [-0.2, -0.15) is 18.3 Å². The lowest BCUT2D eigenvalue weighted by Crippen LogP contribution is -2.26. The summed E-state index contributed by atoms with van der Waals surface area (Å²) in [5.41, 5.74) is 2.13. The lowest BCUT2D eigenvalue weighted by atomic mass is 10.1. The third kappa shape index (κ3) is 3.67. The molecule has 4 nitrogen and oxygen atoms in total. The second-order valence-electron chi connectivity index (χ2n) is 6.74. The van der Waals surface area contributed by atoms with Gasteiger partial charge in [-0.15, -0.1) is 0 Å². The Morgan fingerprint density at radius 1 is 1.19 bits per heavy atom. The van der Waals surface area contributed by atoms with Crippen molar-refractivity contribution in [3.8, 4) is 0 Å². The molecule has 0 bridgehead atoms. The second-order valence-corrected chi connectivity index (χ2v) is 6.74. The van der Waals surface area contributed by atoms with Gasteiger partial charge in [-0.1, -0.05) is 18.2 Å². The van der Waals surface area contributed by atoms with E-state index in [0.29, 0.717) is 12.1 Å². The summed E-state index contributed by atoms with van der Waals surface area (Å²) in [6.07, 6.45) is -1.55. The number of halogens is 3. The first-order valence-corrected chi connectivity index (χ1v) is 8.55. The molecular formula is C19H19F3N4. The van der Waals surface area contributed by atoms with E-state index in [1.54, 1.807) is 12.3 Å². The highest BCUT2D eigenvalue weighted by atomic mass is 19.4. The number of likely N-dealkylation sites (tertiary alicyclic amines) is 1. The van der Waals surface area contributed by atoms with E-state index in [1.807, 2.05) is 18.2 Å². The fourth-order valence-electron chi connectivity index (χ4n) is 3.47. The quantitative estimate of drug-likeness (QED) is 0.730. The Bertz CT molecular complexity index is 903. The van der Waals surface area contributed by atoms with Gasteiger partial charge in [0.25, 0.3) is 0 Å². The highest BCUT2D eigenvalue weighted by Crippen LogP contribution is 2.30. The first-order chi connectivity index (χ1) is 12.5. The summed E-state index contributed by atoms with van der Waals surface area (Å²) in [6, 6.07) is 11.9. The molecule has 26 heavy (non-hydrogen) atoms. The molecule has 2 N–H and O–H groups in total. The smallest absolute Gasteiger partial charge is 0.381 e. The number of fused-ring (bicyclic) bond motifs is 1. The molecule has 1 fully saturated rings. The Labute approximate surface area is 149 Å². The highest BCUT2D eigenvalue weighted by Gasteiger charge is 2.30. The molecule has 2 heterocycles. The van der Waals surface area contributed by atoms with Gasteiger partial charge in [-0.3, -0.25) is 10.00 Å². The predicted molar refractivity (Wildman–Crippen MR) is 94.8 cm³/mol. The predicted octanol–water partition coefficient (Wildman–Crippen LogP) is 4.27. The van der Waals surface area contributed by atoms with Crippen LogP contribution in [0.3, 0.4) is 0 Å². The average molecular weight is 360 g/mol. The Hall–Kier alpha value is -2.54. The zero-order valence-electron chi connectivity index (χ0n) is 14.1. The van der Waals surface area contributed by atoms with Crippen molar-refractivity contribution in [2.24, 2.45) is 0 Å². The van der Waals surface area contributed by atoms with Crippen LogP contribution in [0.5, 0.6) is 0 Å². The van der Waals surface area contributed by atoms with Gasteiger partial charge in [0.2, 0.25) is 0 Å². The van der Waals surface area contributed by atoms with E-state index in [9.17, 15) is 13.2 Å². The summed E-state index contributed by atoms with van der Waals surface area (Å²) >= 11 is 0. The van der Waals surface area contributed by atoms with E-state index < -0.39 is 11.7 Å². The normalized spacial score (nSPS) is 18.5. The number of hydrogen-bond acceptors (Lipinski definition) is 3. The zero-order valence-corrected chi connectivity index (χ0v) is 14.1. The van der Waals surface area contributed by atoms with Crippen LogP contribution in [0.2, 0.25) is 0 Å². The number of nitrogens with zero attached hydrogens (tertiary/aromatic N) is 2. The van der Waals surface area contributed by atoms with Gasteiger partial charge in [-0.25, -0.2) is 0 Å². The minimum absolute atomic E-state index is 0.283. The molecule has 1 aliphatic rings. The first kappa shape index (κ1) is 16.9. The fraction of sp³-hybridized carbons (Fsp3) is 0.316. The number of hydrogen-bond donors (Lipinski definition) is 2. The largest absolute Gasteiger partial charge is 0.416 e. The number of rotatable bonds is 4. The molecule has 1 aliphatic heterocycles. The Morgan fingerprint density at radius 2 is 2.08 bits per heavy atom. The standard InChI is InChI=1S/C19H19F3N4/c20-19(21,22)15-3-1-2-13(8-15)11-26-7-6-17(12-26)24-16-4-5-18-14(9-16)10-23-25-18/h1-5,8-10,17,24H,6-7,11-12H2,(H,23,25)/t17-/m1/s1. The summed E-state index contributed by atoms with van der Waals surface area (Å²) in [4.78, 5) is 2.18. The molecule has 0 saturated carbocycles. The number of alkyl halides is 3. The van der Waals surface area contributed by atoms with Crippen LogP contribution in [0.4, 0.5) is 18.9 Å². The highest BCUT2D eigenvalue weighted by molar-refractivity contribution is 5.81. The summed E-state index contributed by atoms with van der Waals surface area (Å²) in [5, 5.41) is 11.5. The van der Waals surface area contributed by atoms with Gasteiger partial charge in [0, 0.05) is 36.7 Å². The fourth-order valence-corrected chi connectivity index (χ4v) is 3.47. The van der Waals surface area contributed by atoms with Crippen molar-refractivity contribution in [3.05, 3.63) is 59.8 Å². The molecule has 3 aromatic rings. The van der Waals surface area contributed by atoms with Gasteiger partial charge in [0.1, 0.15) is 0 Å². The SMILES string of the molecule is FC(F)(F)c1cccc(CN2CC[C@@H](Nc3ccc4[nH]ncc4c3)C2)c1. The number of anilines is 1. The van der Waals surface area contributed by atoms with E-state index in [0.717, 1.165) is 42.2 Å². The van der Waals surface area contributed by atoms with Crippen LogP contribution in [0.15, 0.2) is 48.7 Å². The maximum absolute atomic E-state index is 12.8. The van der Waals surface area contributed by atoms with Gasteiger partial charge >= 0.3 is 6.18 Å². The van der Waals surface area contributed by atoms with Gasteiger partial charge in [0.15, 0.2) is 0 Å². The molecule has 0 aliphatic carbocycles. The number of nitrogens with one attached hydrogen (secondary N) is 2. The molecule has 0 unspecified atom stereocenters. The minimum Gasteiger partial charge on any atom is -0.381 e. The molecule has 0 spiro atoms. The van der Waals surface area contributed by atoms with E-state index in [-0.39, 0.29) is 6.04 Å². The van der Waals surface area contributed by atoms with Crippen molar-refractivity contribution >= 4 is 16.6 Å². The van der Waals surface area contributed by atoms with Crippen molar-refractivity contribution in [1.29, 1.82) is 0 Å². The van der Waals surface area contributed by atoms with Gasteiger partial charge < -0.3 is 5.32 Å². The molecular weight excluding hydrogens is 341 g/mol. The summed E-state index contributed by atoms with van der Waals surface area (Å²) < 4.78 is 38.5. The Morgan fingerprint density at radius 3 is 2.92 bits per heavy atom. The average Bonchev–Trinajstić information content (AvgIpc) is 3.23. The molecule has 4 rings (SSSR count). The van der Waals surface area contributed by atoms with Crippen LogP contribution in [-0.4, -0.2) is 34.2 Å². The van der Waals surface area contributed by atoms with Crippen LogP contribution in [0.25, 0.3) is 10.9 Å². The molecule has 7 heteroatoms. The van der Waals surface area contributed by atoms with E-state index in [1.165, 1.54) is 12.1 Å². The van der Waals surface area contributed by atoms with Crippen LogP contribution < -0.4 is 5.32 Å². The lowest BCUT2D eigenvalue weighted by Gasteiger charge is -2.18. The first-order valence-electron chi connectivity index (χ1n) is 8.55. The van der Waals surface area contributed by atoms with Crippen molar-refractivity contribution in [3.63, 3.8) is 0 Å². The van der Waals surface area contributed by atoms with Gasteiger partial charge in [0.05, 0.1) is 17.3 Å². The maximum atomic E-state index is 12.8. The Kier molecular flexibility index (Phi) is 4.32. The van der Waals surface area contributed by atoms with Crippen LogP contribution in [-0.2, 0) is 12.7 Å². The Balaban J connectivity index is 1.38. The van der Waals surface area contributed by atoms with Crippen molar-refractivity contribution in [1.82, 2.24) is 15.1 Å². The lowest BCUT2D eigenvalue weighted by molar-refractivity contribution is -0.137. The van der Waals surface area contributed by atoms with E-state index in [4.69, 9.17) is 0 Å². The number of benzene rings is 2. The maximum Gasteiger partial charge on any atom is 0.416 e. The molecule has 0 radical (unpaired) electrons. The molecule has 1 atom stereocenters. The number of aromatic nitrogens is 2. The van der Waals surface area contributed by atoms with Crippen LogP contribution in [0.1, 0.15) is 17.5 Å². The third-order valence-electron chi connectivity index (χ3n) is 4.74. The van der Waals surface area contributed by atoms with E-state index >= 15 is 0 Å². The van der Waals surface area contributed by atoms with Crippen molar-refractivity contribution < 1.29 is 13.2 Å². The molecule has 0 amide bonds. The van der Waals surface area contributed by atoms with Gasteiger partial charge in [-0.05, 0) is 36.2 Å². The summed E-state index contributed by atoms with van der Waals surface area (Å²) in [6.45, 7) is 2.20. The summed E-state index contributed by atoms with van der Waals surface area (Å²) in [5.74, 6) is 0. The molecule has 136 valence electrons. The topological polar surface area (TPSA) is 44.0 Å². The molecule has 1 aromatic heterocycles. The second kappa shape index (κ2) is 6.64. The number of H-pyrrole nitrogens is 1. The molecule has 1 saturated heterocycles. The third-order valence-corrected chi connectivity index (χ3v) is 4.74. The summed E-state index contributed by atoms with van der Waals surface area (Å²) in [7, 11) is 0. The van der Waals surface area contributed by atoms with E-state index in [2.05, 4.69) is 20.4 Å². The monoisotopic (exact) mass is 360 g/mol. The van der Waals surface area contributed by atoms with Crippen molar-refractivity contribution in [2.75, 3.05) is 18.4 Å².